The molecule has 2 rings (SSSR count). The van der Waals surface area contributed by atoms with Crippen LogP contribution in [0.1, 0.15) is 43.0 Å². The van der Waals surface area contributed by atoms with Gasteiger partial charge in [0.1, 0.15) is 5.54 Å². The summed E-state index contributed by atoms with van der Waals surface area (Å²) in [6.45, 7) is 2.17. The van der Waals surface area contributed by atoms with Gasteiger partial charge in [0, 0.05) is 4.47 Å². The zero-order chi connectivity index (χ0) is 14.8. The second-order valence-corrected chi connectivity index (χ2v) is 6.66. The molecule has 20 heavy (non-hydrogen) atoms. The smallest absolute Gasteiger partial charge is 0.254 e. The highest BCUT2D eigenvalue weighted by Crippen LogP contribution is 2.32. The zero-order valence-electron chi connectivity index (χ0n) is 11.2. The number of hydrogen-bond acceptors (Lipinski definition) is 2. The Labute approximate surface area is 132 Å². The molecule has 0 aliphatic heterocycles. The van der Waals surface area contributed by atoms with E-state index in [9.17, 15) is 10.1 Å². The Morgan fingerprint density at radius 1 is 1.50 bits per heavy atom. The highest BCUT2D eigenvalue weighted by Gasteiger charge is 2.36. The monoisotopic (exact) mass is 354 g/mol. The summed E-state index contributed by atoms with van der Waals surface area (Å²) < 4.78 is 0.676. The molecule has 5 heteroatoms. The van der Waals surface area contributed by atoms with Crippen molar-refractivity contribution in [3.05, 3.63) is 33.3 Å². The molecule has 1 saturated carbocycles. The van der Waals surface area contributed by atoms with Gasteiger partial charge in [-0.15, -0.1) is 0 Å². The average Bonchev–Trinajstić information content (AvgIpc) is 2.44. The van der Waals surface area contributed by atoms with Crippen molar-refractivity contribution >= 4 is 33.4 Å². The molecule has 0 spiro atoms. The third-order valence-electron chi connectivity index (χ3n) is 3.89. The lowest BCUT2D eigenvalue weighted by Crippen LogP contribution is -2.49. The van der Waals surface area contributed by atoms with Crippen LogP contribution in [0, 0.1) is 17.2 Å². The standard InChI is InChI=1S/C15H16BrClN2O/c1-10-5-7-15(9-18,8-6-10)19-14(20)11-3-2-4-12(16)13(11)17/h2-4,10H,5-8H2,1H3,(H,19,20). The van der Waals surface area contributed by atoms with Gasteiger partial charge < -0.3 is 5.32 Å². The number of carbonyl (C=O) groups excluding carboxylic acids is 1. The lowest BCUT2D eigenvalue weighted by atomic mass is 9.78. The van der Waals surface area contributed by atoms with Crippen molar-refractivity contribution in [1.29, 1.82) is 5.26 Å². The van der Waals surface area contributed by atoms with E-state index in [1.54, 1.807) is 18.2 Å². The van der Waals surface area contributed by atoms with Gasteiger partial charge in [0.05, 0.1) is 16.7 Å². The van der Waals surface area contributed by atoms with E-state index in [1.807, 2.05) is 0 Å². The van der Waals surface area contributed by atoms with E-state index in [0.29, 0.717) is 33.8 Å². The third-order valence-corrected chi connectivity index (χ3v) is 5.19. The second kappa shape index (κ2) is 6.15. The van der Waals surface area contributed by atoms with Crippen molar-refractivity contribution < 1.29 is 4.79 Å². The number of nitrogens with zero attached hydrogens (tertiary/aromatic N) is 1. The van der Waals surface area contributed by atoms with Crippen LogP contribution in [-0.4, -0.2) is 11.4 Å². The van der Waals surface area contributed by atoms with Crippen molar-refractivity contribution in [2.24, 2.45) is 5.92 Å². The van der Waals surface area contributed by atoms with Gasteiger partial charge in [-0.2, -0.15) is 5.26 Å². The summed E-state index contributed by atoms with van der Waals surface area (Å²) in [6.07, 6.45) is 3.31. The molecule has 1 N–H and O–H groups in total. The number of amides is 1. The number of nitriles is 1. The molecule has 0 atom stereocenters. The molecule has 0 heterocycles. The van der Waals surface area contributed by atoms with E-state index in [1.165, 1.54) is 0 Å². The number of nitrogens with one attached hydrogen (secondary N) is 1. The van der Waals surface area contributed by atoms with Crippen LogP contribution < -0.4 is 5.32 Å². The maximum Gasteiger partial charge on any atom is 0.254 e. The molecule has 0 unspecified atom stereocenters. The quantitative estimate of drug-likeness (QED) is 0.859. The Morgan fingerprint density at radius 2 is 2.15 bits per heavy atom. The van der Waals surface area contributed by atoms with Gasteiger partial charge in [-0.05, 0) is 59.7 Å². The summed E-state index contributed by atoms with van der Waals surface area (Å²) in [4.78, 5) is 12.4. The molecule has 1 aliphatic carbocycles. The minimum atomic E-state index is -0.755. The maximum absolute atomic E-state index is 12.4. The van der Waals surface area contributed by atoms with Gasteiger partial charge in [-0.1, -0.05) is 24.6 Å². The first-order chi connectivity index (χ1) is 9.47. The van der Waals surface area contributed by atoms with Crippen LogP contribution in [0.2, 0.25) is 5.02 Å². The maximum atomic E-state index is 12.4. The molecule has 1 fully saturated rings. The highest BCUT2D eigenvalue weighted by atomic mass is 79.9. The number of carbonyl (C=O) groups is 1. The summed E-state index contributed by atoms with van der Waals surface area (Å²) in [5.41, 5.74) is -0.357. The van der Waals surface area contributed by atoms with Crippen molar-refractivity contribution in [2.45, 2.75) is 38.1 Å². The molecule has 106 valence electrons. The lowest BCUT2D eigenvalue weighted by Gasteiger charge is -2.34. The molecule has 1 aliphatic rings. The summed E-state index contributed by atoms with van der Waals surface area (Å²) in [5, 5.41) is 12.7. The molecular formula is C15H16BrClN2O. The Morgan fingerprint density at radius 3 is 2.75 bits per heavy atom. The van der Waals surface area contributed by atoms with Gasteiger partial charge >= 0.3 is 0 Å². The van der Waals surface area contributed by atoms with Crippen LogP contribution >= 0.6 is 27.5 Å². The summed E-state index contributed by atoms with van der Waals surface area (Å²) in [6, 6.07) is 7.49. The molecule has 1 aromatic carbocycles. The Bertz CT molecular complexity index is 559. The summed E-state index contributed by atoms with van der Waals surface area (Å²) in [7, 11) is 0. The Kier molecular flexibility index (Phi) is 4.72. The molecular weight excluding hydrogens is 340 g/mol. The minimum absolute atomic E-state index is 0.285. The van der Waals surface area contributed by atoms with Crippen LogP contribution in [0.3, 0.4) is 0 Å². The number of halogens is 2. The van der Waals surface area contributed by atoms with Gasteiger partial charge in [-0.3, -0.25) is 4.79 Å². The minimum Gasteiger partial charge on any atom is -0.334 e. The van der Waals surface area contributed by atoms with E-state index < -0.39 is 5.54 Å². The molecule has 0 bridgehead atoms. The van der Waals surface area contributed by atoms with Gasteiger partial charge in [0.15, 0.2) is 0 Å². The van der Waals surface area contributed by atoms with E-state index in [4.69, 9.17) is 11.6 Å². The predicted octanol–water partition coefficient (Wildman–Crippen LogP) is 4.30. The van der Waals surface area contributed by atoms with E-state index >= 15 is 0 Å². The van der Waals surface area contributed by atoms with E-state index in [0.717, 1.165) is 12.8 Å². The van der Waals surface area contributed by atoms with Gasteiger partial charge in [0.2, 0.25) is 0 Å². The Hall–Kier alpha value is -1.05. The number of hydrogen-bond donors (Lipinski definition) is 1. The normalized spacial score (nSPS) is 25.8. The van der Waals surface area contributed by atoms with Gasteiger partial charge in [-0.25, -0.2) is 0 Å². The number of rotatable bonds is 2. The summed E-state index contributed by atoms with van der Waals surface area (Å²) in [5.74, 6) is 0.329. The first-order valence-electron chi connectivity index (χ1n) is 6.65. The van der Waals surface area contributed by atoms with E-state index in [-0.39, 0.29) is 5.91 Å². The van der Waals surface area contributed by atoms with Crippen LogP contribution in [0.5, 0.6) is 0 Å². The Balaban J connectivity index is 2.18. The molecule has 0 saturated heterocycles. The first-order valence-corrected chi connectivity index (χ1v) is 7.82. The molecule has 0 radical (unpaired) electrons. The van der Waals surface area contributed by atoms with Crippen LogP contribution in [0.4, 0.5) is 0 Å². The van der Waals surface area contributed by atoms with Gasteiger partial charge in [0.25, 0.3) is 5.91 Å². The summed E-state index contributed by atoms with van der Waals surface area (Å²) >= 11 is 9.43. The fourth-order valence-electron chi connectivity index (χ4n) is 2.48. The average molecular weight is 356 g/mol. The van der Waals surface area contributed by atoms with Crippen molar-refractivity contribution in [1.82, 2.24) is 5.32 Å². The molecule has 1 aromatic rings. The lowest BCUT2D eigenvalue weighted by molar-refractivity contribution is 0.0894. The van der Waals surface area contributed by atoms with E-state index in [2.05, 4.69) is 34.2 Å². The highest BCUT2D eigenvalue weighted by molar-refractivity contribution is 9.10. The molecule has 1 amide bonds. The molecule has 3 nitrogen and oxygen atoms in total. The predicted molar refractivity (Wildman–Crippen MR) is 82.6 cm³/mol. The fraction of sp³-hybridized carbons (Fsp3) is 0.467. The SMILES string of the molecule is CC1CCC(C#N)(NC(=O)c2cccc(Br)c2Cl)CC1. The van der Waals surface area contributed by atoms with Crippen molar-refractivity contribution in [3.8, 4) is 6.07 Å². The van der Waals surface area contributed by atoms with Crippen molar-refractivity contribution in [2.75, 3.05) is 0 Å². The largest absolute Gasteiger partial charge is 0.334 e. The zero-order valence-corrected chi connectivity index (χ0v) is 13.6. The van der Waals surface area contributed by atoms with Crippen LogP contribution in [0.25, 0.3) is 0 Å². The fourth-order valence-corrected chi connectivity index (χ4v) is 3.06. The third kappa shape index (κ3) is 3.16. The molecule has 0 aromatic heterocycles. The second-order valence-electron chi connectivity index (χ2n) is 5.43. The topological polar surface area (TPSA) is 52.9 Å². The first kappa shape index (κ1) is 15.3. The number of benzene rings is 1. The van der Waals surface area contributed by atoms with Crippen LogP contribution in [0.15, 0.2) is 22.7 Å². The van der Waals surface area contributed by atoms with Crippen molar-refractivity contribution in [3.63, 3.8) is 0 Å². The van der Waals surface area contributed by atoms with Crippen LogP contribution in [-0.2, 0) is 0 Å².